The summed E-state index contributed by atoms with van der Waals surface area (Å²) in [6.07, 6.45) is 9.44. The molecule has 6 heteroatoms. The van der Waals surface area contributed by atoms with Crippen LogP contribution < -0.4 is 4.90 Å². The van der Waals surface area contributed by atoms with E-state index in [9.17, 15) is 9.90 Å². The number of allylic oxidation sites excluding steroid dienone is 1. The van der Waals surface area contributed by atoms with Gasteiger partial charge < -0.3 is 10.0 Å². The van der Waals surface area contributed by atoms with E-state index in [-0.39, 0.29) is 27.6 Å². The Bertz CT molecular complexity index is 1520. The number of hydrogen-bond acceptors (Lipinski definition) is 4. The van der Waals surface area contributed by atoms with Crippen molar-refractivity contribution in [3.05, 3.63) is 53.4 Å². The Hall–Kier alpha value is -2.63. The van der Waals surface area contributed by atoms with E-state index in [2.05, 4.69) is 96.1 Å². The molecule has 1 aromatic heterocycles. The average Bonchev–Trinajstić information content (AvgIpc) is 3.56. The van der Waals surface area contributed by atoms with Crippen LogP contribution in [0.1, 0.15) is 110 Å². The molecule has 0 spiro atoms. The molecule has 1 N–H and O–H groups in total. The SMILES string of the molecule is C=C(C)[C@@H]1CC[C@]2(C(=O)O)CC[C@]3(C)[C@H](CC[C@@H]4[C@@]5(C)Cc6nnn(Cc7ccc(N(C)C)cc7)c6C(C)(C)[C@@H]5CC[C@]43C)[C@@H]12. The maximum absolute atomic E-state index is 13.0. The predicted octanol–water partition coefficient (Wildman–Crippen LogP) is 8.15. The standard InChI is InChI=1S/C39H56N4O2/c1-24(2)27-16-19-39(34(44)45)21-20-37(6)28(32(27)39)14-15-31-36(5)22-29-33(35(3,4)30(36)17-18-38(31,37)7)43(41-40-29)23-25-10-12-26(13-11-25)42(8)9/h10-13,27-28,30-32H,1,14-23H2,2-9H3,(H,44,45)/t27-,28+,30-,31+,32+,36-,37+,38+,39-/m0/s1. The first-order valence-electron chi connectivity index (χ1n) is 17.7. The third kappa shape index (κ3) is 4.02. The van der Waals surface area contributed by atoms with Gasteiger partial charge in [-0.1, -0.05) is 64.1 Å². The number of rotatable bonds is 5. The molecule has 0 amide bonds. The Morgan fingerprint density at radius 2 is 1.67 bits per heavy atom. The maximum atomic E-state index is 13.0. The molecule has 4 saturated carbocycles. The van der Waals surface area contributed by atoms with Gasteiger partial charge in [0.25, 0.3) is 0 Å². The lowest BCUT2D eigenvalue weighted by Gasteiger charge is -2.72. The quantitative estimate of drug-likeness (QED) is 0.345. The van der Waals surface area contributed by atoms with E-state index in [1.807, 2.05) is 0 Å². The molecular weight excluding hydrogens is 556 g/mol. The molecular formula is C39H56N4O2. The van der Waals surface area contributed by atoms with E-state index in [1.165, 1.54) is 47.5 Å². The van der Waals surface area contributed by atoms with Crippen LogP contribution in [0, 0.1) is 51.2 Å². The lowest BCUT2D eigenvalue weighted by molar-refractivity contribution is -0.228. The fraction of sp³-hybridized carbons (Fsp3) is 0.718. The minimum Gasteiger partial charge on any atom is -0.481 e. The van der Waals surface area contributed by atoms with Crippen molar-refractivity contribution in [1.29, 1.82) is 0 Å². The molecule has 0 bridgehead atoms. The first-order chi connectivity index (χ1) is 21.1. The number of fused-ring (bicyclic) bond motifs is 8. The fourth-order valence-corrected chi connectivity index (χ4v) is 13.2. The van der Waals surface area contributed by atoms with Crippen LogP contribution in [0.25, 0.3) is 0 Å². The predicted molar refractivity (Wildman–Crippen MR) is 180 cm³/mol. The molecule has 1 aromatic carbocycles. The number of hydrogen-bond donors (Lipinski definition) is 1. The van der Waals surface area contributed by atoms with Crippen molar-refractivity contribution in [2.75, 3.05) is 19.0 Å². The summed E-state index contributed by atoms with van der Waals surface area (Å²) in [5.74, 6) is 1.60. The smallest absolute Gasteiger partial charge is 0.309 e. The molecule has 0 radical (unpaired) electrons. The molecule has 0 aliphatic heterocycles. The lowest BCUT2D eigenvalue weighted by atomic mass is 9.32. The third-order valence-corrected chi connectivity index (χ3v) is 15.4. The van der Waals surface area contributed by atoms with Crippen molar-refractivity contribution >= 4 is 11.7 Å². The average molecular weight is 613 g/mol. The van der Waals surface area contributed by atoms with E-state index in [0.717, 1.165) is 45.1 Å². The number of aromatic nitrogens is 3. The van der Waals surface area contributed by atoms with Gasteiger partial charge in [0.1, 0.15) is 0 Å². The van der Waals surface area contributed by atoms with E-state index in [4.69, 9.17) is 10.3 Å². The second-order valence-corrected chi connectivity index (χ2v) is 17.6. The Morgan fingerprint density at radius 1 is 0.956 bits per heavy atom. The van der Waals surface area contributed by atoms with Crippen molar-refractivity contribution in [2.45, 2.75) is 111 Å². The zero-order valence-corrected chi connectivity index (χ0v) is 29.1. The summed E-state index contributed by atoms with van der Waals surface area (Å²) < 4.78 is 2.20. The van der Waals surface area contributed by atoms with Crippen molar-refractivity contribution in [3.63, 3.8) is 0 Å². The minimum atomic E-state index is -0.564. The van der Waals surface area contributed by atoms with Crippen LogP contribution in [0.4, 0.5) is 5.69 Å². The number of carboxylic acid groups (broad SMARTS) is 1. The zero-order chi connectivity index (χ0) is 32.3. The van der Waals surface area contributed by atoms with Gasteiger partial charge >= 0.3 is 5.97 Å². The van der Waals surface area contributed by atoms with Crippen molar-refractivity contribution < 1.29 is 9.90 Å². The molecule has 6 nitrogen and oxygen atoms in total. The molecule has 0 unspecified atom stereocenters. The Kier molecular flexibility index (Phi) is 6.84. The molecule has 45 heavy (non-hydrogen) atoms. The second-order valence-electron chi connectivity index (χ2n) is 17.6. The van der Waals surface area contributed by atoms with Gasteiger partial charge in [0.2, 0.25) is 0 Å². The highest BCUT2D eigenvalue weighted by Crippen LogP contribution is 2.77. The second kappa shape index (κ2) is 9.94. The van der Waals surface area contributed by atoms with Crippen LogP contribution in [-0.2, 0) is 23.2 Å². The number of aliphatic carboxylic acids is 1. The summed E-state index contributed by atoms with van der Waals surface area (Å²) in [5, 5.41) is 20.4. The zero-order valence-electron chi connectivity index (χ0n) is 29.1. The molecule has 9 atom stereocenters. The van der Waals surface area contributed by atoms with Crippen LogP contribution in [-0.4, -0.2) is 40.2 Å². The Balaban J connectivity index is 1.23. The highest BCUT2D eigenvalue weighted by molar-refractivity contribution is 5.76. The number of anilines is 1. The van der Waals surface area contributed by atoms with Crippen LogP contribution in [0.15, 0.2) is 36.4 Å². The first kappa shape index (κ1) is 31.0. The Morgan fingerprint density at radius 3 is 2.31 bits per heavy atom. The van der Waals surface area contributed by atoms with Crippen molar-refractivity contribution in [3.8, 4) is 0 Å². The van der Waals surface area contributed by atoms with Gasteiger partial charge in [0, 0.05) is 25.2 Å². The number of carboxylic acids is 1. The molecule has 2 aromatic rings. The summed E-state index contributed by atoms with van der Waals surface area (Å²) in [6.45, 7) is 20.1. The van der Waals surface area contributed by atoms with E-state index in [1.54, 1.807) is 0 Å². The molecule has 5 aliphatic rings. The largest absolute Gasteiger partial charge is 0.481 e. The Labute approximate surface area is 271 Å². The summed E-state index contributed by atoms with van der Waals surface area (Å²) >= 11 is 0. The molecule has 244 valence electrons. The topological polar surface area (TPSA) is 71.2 Å². The van der Waals surface area contributed by atoms with Gasteiger partial charge in [-0.15, -0.1) is 5.10 Å². The number of carbonyl (C=O) groups is 1. The molecule has 5 aliphatic carbocycles. The molecule has 0 saturated heterocycles. The summed E-state index contributed by atoms with van der Waals surface area (Å²) in [6, 6.07) is 8.83. The summed E-state index contributed by atoms with van der Waals surface area (Å²) in [7, 11) is 4.16. The summed E-state index contributed by atoms with van der Waals surface area (Å²) in [5.41, 5.74) is 6.05. The van der Waals surface area contributed by atoms with Crippen molar-refractivity contribution in [1.82, 2.24) is 15.0 Å². The number of benzene rings is 1. The maximum Gasteiger partial charge on any atom is 0.309 e. The van der Waals surface area contributed by atoms with Gasteiger partial charge in [-0.3, -0.25) is 4.79 Å². The molecule has 7 rings (SSSR count). The highest BCUT2D eigenvalue weighted by Gasteiger charge is 2.72. The van der Waals surface area contributed by atoms with Gasteiger partial charge in [-0.05, 0) is 128 Å². The third-order valence-electron chi connectivity index (χ3n) is 15.4. The lowest BCUT2D eigenvalue weighted by Crippen LogP contribution is -2.67. The monoisotopic (exact) mass is 612 g/mol. The van der Waals surface area contributed by atoms with Gasteiger partial charge in [-0.2, -0.15) is 0 Å². The normalized spacial score (nSPS) is 41.2. The van der Waals surface area contributed by atoms with Crippen LogP contribution in [0.3, 0.4) is 0 Å². The molecule has 4 fully saturated rings. The fourth-order valence-electron chi connectivity index (χ4n) is 13.2. The summed E-state index contributed by atoms with van der Waals surface area (Å²) in [4.78, 5) is 15.1. The highest BCUT2D eigenvalue weighted by atomic mass is 16.4. The van der Waals surface area contributed by atoms with E-state index < -0.39 is 11.4 Å². The van der Waals surface area contributed by atoms with Crippen LogP contribution in [0.2, 0.25) is 0 Å². The van der Waals surface area contributed by atoms with Crippen molar-refractivity contribution in [2.24, 2.45) is 51.2 Å². The minimum absolute atomic E-state index is 0.0317. The molecule has 1 heterocycles. The van der Waals surface area contributed by atoms with E-state index in [0.29, 0.717) is 23.7 Å². The van der Waals surface area contributed by atoms with Gasteiger partial charge in [0.15, 0.2) is 0 Å². The van der Waals surface area contributed by atoms with E-state index >= 15 is 0 Å². The van der Waals surface area contributed by atoms with Crippen LogP contribution in [0.5, 0.6) is 0 Å². The van der Waals surface area contributed by atoms with Crippen LogP contribution >= 0.6 is 0 Å². The van der Waals surface area contributed by atoms with Gasteiger partial charge in [-0.25, -0.2) is 4.68 Å². The van der Waals surface area contributed by atoms with Gasteiger partial charge in [0.05, 0.1) is 23.3 Å². The number of nitrogens with zero attached hydrogens (tertiary/aromatic N) is 4. The first-order valence-corrected chi connectivity index (χ1v) is 17.7.